The molecule has 14 heavy (non-hydrogen) atoms. The summed E-state index contributed by atoms with van der Waals surface area (Å²) in [5.74, 6) is 0.477. The third-order valence-corrected chi connectivity index (χ3v) is 2.90. The summed E-state index contributed by atoms with van der Waals surface area (Å²) in [6, 6.07) is 2.04. The normalized spacial score (nSPS) is 19.4. The minimum Gasteiger partial charge on any atom is -0.714 e. The van der Waals surface area contributed by atoms with Gasteiger partial charge in [0, 0.05) is 0 Å². The molecule has 0 N–H and O–H groups in total. The Morgan fingerprint density at radius 2 is 2.00 bits per heavy atom. The molecule has 0 fully saturated rings. The zero-order valence-corrected chi connectivity index (χ0v) is 8.87. The van der Waals surface area contributed by atoms with E-state index in [9.17, 15) is 5.21 Å². The number of rotatable bonds is 3. The van der Waals surface area contributed by atoms with Gasteiger partial charge in [-0.05, 0) is 17.8 Å². The molecule has 0 aromatic heterocycles. The average Bonchev–Trinajstić information content (AvgIpc) is 2.51. The number of hydrogen-bond acceptors (Lipinski definition) is 3. The van der Waals surface area contributed by atoms with Crippen molar-refractivity contribution in [2.45, 2.75) is 45.6 Å². The van der Waals surface area contributed by atoms with Gasteiger partial charge in [-0.25, -0.2) is 0 Å². The first-order valence-electron chi connectivity index (χ1n) is 4.98. The lowest BCUT2D eigenvalue weighted by Gasteiger charge is -2.27. The highest BCUT2D eigenvalue weighted by molar-refractivity contribution is 6.12. The summed E-state index contributed by atoms with van der Waals surface area (Å²) in [6.07, 6.45) is 1.84. The van der Waals surface area contributed by atoms with Crippen LogP contribution in [0.2, 0.25) is 0 Å². The summed E-state index contributed by atoms with van der Waals surface area (Å²) >= 11 is 0. The van der Waals surface area contributed by atoms with E-state index in [2.05, 4.69) is 4.99 Å². The Balaban J connectivity index is 3.24. The predicted molar refractivity (Wildman–Crippen MR) is 55.3 cm³/mol. The third kappa shape index (κ3) is 1.20. The maximum atomic E-state index is 11.9. The summed E-state index contributed by atoms with van der Waals surface area (Å²) in [5, 5.41) is 20.8. The maximum absolute atomic E-state index is 11.9. The van der Waals surface area contributed by atoms with E-state index in [0.717, 1.165) is 4.74 Å². The maximum Gasteiger partial charge on any atom is 0.298 e. The van der Waals surface area contributed by atoms with Gasteiger partial charge in [-0.2, -0.15) is 5.26 Å². The van der Waals surface area contributed by atoms with Crippen molar-refractivity contribution in [3.8, 4) is 6.07 Å². The first-order valence-corrected chi connectivity index (χ1v) is 4.98. The van der Waals surface area contributed by atoms with Crippen LogP contribution in [0.5, 0.6) is 0 Å². The van der Waals surface area contributed by atoms with Crippen LogP contribution >= 0.6 is 0 Å². The van der Waals surface area contributed by atoms with Crippen molar-refractivity contribution in [2.75, 3.05) is 0 Å². The first kappa shape index (κ1) is 10.7. The number of amidine groups is 1. The summed E-state index contributed by atoms with van der Waals surface area (Å²) in [7, 11) is 0. The number of hydroxylamine groups is 1. The molecular weight excluding hydrogens is 178 g/mol. The van der Waals surface area contributed by atoms with E-state index < -0.39 is 5.54 Å². The zero-order chi connectivity index (χ0) is 10.8. The largest absolute Gasteiger partial charge is 0.714 e. The predicted octanol–water partition coefficient (Wildman–Crippen LogP) is 1.84. The molecule has 1 aliphatic rings. The van der Waals surface area contributed by atoms with Gasteiger partial charge >= 0.3 is 0 Å². The van der Waals surface area contributed by atoms with Gasteiger partial charge in [-0.3, -0.25) is 4.74 Å². The topological polar surface area (TPSA) is 62.2 Å². The van der Waals surface area contributed by atoms with Gasteiger partial charge in [0.15, 0.2) is 5.54 Å². The van der Waals surface area contributed by atoms with Crippen LogP contribution in [0.4, 0.5) is 0 Å². The SMILES string of the molecule is CCC1=[N+]([O-])C(CC)(CC)C(C#N)=N1. The first-order chi connectivity index (χ1) is 6.66. The van der Waals surface area contributed by atoms with E-state index >= 15 is 0 Å². The second-order valence-electron chi connectivity index (χ2n) is 3.38. The highest BCUT2D eigenvalue weighted by Crippen LogP contribution is 2.27. The van der Waals surface area contributed by atoms with Gasteiger partial charge < -0.3 is 5.21 Å². The Bertz CT molecular complexity index is 332. The number of aliphatic imine (C=N–C) groups is 1. The van der Waals surface area contributed by atoms with Crippen LogP contribution in [0.15, 0.2) is 4.99 Å². The summed E-state index contributed by atoms with van der Waals surface area (Å²) in [6.45, 7) is 5.71. The number of nitriles is 1. The molecule has 1 heterocycles. The fourth-order valence-corrected chi connectivity index (χ4v) is 1.85. The van der Waals surface area contributed by atoms with Crippen molar-refractivity contribution in [2.24, 2.45) is 4.99 Å². The van der Waals surface area contributed by atoms with Crippen molar-refractivity contribution in [1.82, 2.24) is 0 Å². The van der Waals surface area contributed by atoms with E-state index in [0.29, 0.717) is 30.8 Å². The van der Waals surface area contributed by atoms with Crippen molar-refractivity contribution >= 4 is 11.5 Å². The van der Waals surface area contributed by atoms with Crippen LogP contribution in [0.1, 0.15) is 40.0 Å². The Morgan fingerprint density at radius 1 is 1.43 bits per heavy atom. The quantitative estimate of drug-likeness (QED) is 0.507. The molecule has 0 aromatic carbocycles. The van der Waals surface area contributed by atoms with Crippen molar-refractivity contribution < 1.29 is 4.74 Å². The lowest BCUT2D eigenvalue weighted by atomic mass is 9.89. The summed E-state index contributed by atoms with van der Waals surface area (Å²) in [5.41, 5.74) is -0.325. The summed E-state index contributed by atoms with van der Waals surface area (Å²) in [4.78, 5) is 4.09. The van der Waals surface area contributed by atoms with E-state index in [1.54, 1.807) is 0 Å². The molecule has 4 nitrogen and oxygen atoms in total. The Morgan fingerprint density at radius 3 is 2.29 bits per heavy atom. The van der Waals surface area contributed by atoms with E-state index in [-0.39, 0.29) is 0 Å². The minimum atomic E-state index is -0.694. The molecule has 0 atom stereocenters. The number of hydrogen-bond donors (Lipinski definition) is 0. The molecule has 0 unspecified atom stereocenters. The van der Waals surface area contributed by atoms with Crippen molar-refractivity contribution in [1.29, 1.82) is 5.26 Å². The van der Waals surface area contributed by atoms with Crippen LogP contribution in [-0.4, -0.2) is 21.8 Å². The molecule has 0 aromatic rings. The Hall–Kier alpha value is -1.37. The second kappa shape index (κ2) is 3.79. The van der Waals surface area contributed by atoms with Gasteiger partial charge in [-0.15, -0.1) is 0 Å². The van der Waals surface area contributed by atoms with Gasteiger partial charge in [0.05, 0.1) is 6.42 Å². The third-order valence-electron chi connectivity index (χ3n) is 2.90. The molecule has 0 amide bonds. The fraction of sp³-hybridized carbons (Fsp3) is 0.700. The molecule has 0 aliphatic carbocycles. The zero-order valence-electron chi connectivity index (χ0n) is 8.87. The van der Waals surface area contributed by atoms with Crippen molar-refractivity contribution in [3.63, 3.8) is 0 Å². The van der Waals surface area contributed by atoms with Gasteiger partial charge in [-0.1, -0.05) is 20.8 Å². The lowest BCUT2D eigenvalue weighted by molar-refractivity contribution is -0.525. The van der Waals surface area contributed by atoms with Gasteiger partial charge in [0.25, 0.3) is 11.5 Å². The van der Waals surface area contributed by atoms with Crippen molar-refractivity contribution in [3.05, 3.63) is 5.21 Å². The summed E-state index contributed by atoms with van der Waals surface area (Å²) < 4.78 is 0.922. The number of nitrogens with zero attached hydrogens (tertiary/aromatic N) is 3. The Kier molecular flexibility index (Phi) is 2.90. The molecular formula is C10H15N3O. The lowest BCUT2D eigenvalue weighted by Crippen LogP contribution is -2.43. The molecule has 0 radical (unpaired) electrons. The Labute approximate surface area is 84.2 Å². The second-order valence-corrected chi connectivity index (χ2v) is 3.38. The highest BCUT2D eigenvalue weighted by Gasteiger charge is 2.46. The molecule has 0 saturated carbocycles. The fourth-order valence-electron chi connectivity index (χ4n) is 1.85. The molecule has 4 heteroatoms. The molecule has 0 saturated heterocycles. The van der Waals surface area contributed by atoms with Crippen LogP contribution < -0.4 is 0 Å². The molecule has 76 valence electrons. The van der Waals surface area contributed by atoms with Crippen LogP contribution in [0, 0.1) is 16.5 Å². The highest BCUT2D eigenvalue weighted by atomic mass is 16.5. The van der Waals surface area contributed by atoms with Gasteiger partial charge in [0.2, 0.25) is 0 Å². The van der Waals surface area contributed by atoms with E-state index in [4.69, 9.17) is 5.26 Å². The minimum absolute atomic E-state index is 0.370. The van der Waals surface area contributed by atoms with E-state index in [1.165, 1.54) is 0 Å². The average molecular weight is 193 g/mol. The monoisotopic (exact) mass is 193 g/mol. The molecule has 0 bridgehead atoms. The molecule has 1 rings (SSSR count). The van der Waals surface area contributed by atoms with E-state index in [1.807, 2.05) is 26.8 Å². The van der Waals surface area contributed by atoms with Crippen LogP contribution in [0.25, 0.3) is 0 Å². The van der Waals surface area contributed by atoms with Crippen LogP contribution in [-0.2, 0) is 0 Å². The van der Waals surface area contributed by atoms with Gasteiger partial charge in [0.1, 0.15) is 6.07 Å². The van der Waals surface area contributed by atoms with Crippen LogP contribution in [0.3, 0.4) is 0 Å². The molecule has 1 aliphatic heterocycles. The standard InChI is InChI=1S/C10H15N3O/c1-4-9-12-8(7-11)10(5-2,6-3)13(9)14/h4-6H2,1-3H3. The smallest absolute Gasteiger partial charge is 0.298 e. The molecule has 0 spiro atoms.